The summed E-state index contributed by atoms with van der Waals surface area (Å²) in [6, 6.07) is 11.8. The van der Waals surface area contributed by atoms with E-state index in [1.165, 1.54) is 19.1 Å². The molecule has 0 fully saturated rings. The van der Waals surface area contributed by atoms with E-state index in [1.54, 1.807) is 6.07 Å². The van der Waals surface area contributed by atoms with Crippen molar-refractivity contribution in [3.63, 3.8) is 0 Å². The van der Waals surface area contributed by atoms with Crippen LogP contribution in [0.15, 0.2) is 42.5 Å². The highest BCUT2D eigenvalue weighted by Gasteiger charge is 2.13. The van der Waals surface area contributed by atoms with Gasteiger partial charge in [0.05, 0.1) is 0 Å². The van der Waals surface area contributed by atoms with Crippen molar-refractivity contribution in [1.29, 1.82) is 0 Å². The molecule has 0 N–H and O–H groups in total. The monoisotopic (exact) mass is 291 g/mol. The number of rotatable bonds is 4. The molecule has 0 atom stereocenters. The Morgan fingerprint density at radius 3 is 2.60 bits per heavy atom. The van der Waals surface area contributed by atoms with E-state index in [4.69, 9.17) is 11.6 Å². The van der Waals surface area contributed by atoms with Crippen molar-refractivity contribution in [2.75, 3.05) is 11.9 Å². The Bertz CT molecular complexity index is 642. The highest BCUT2D eigenvalue weighted by atomic mass is 35.5. The minimum absolute atomic E-state index is 0.162. The van der Waals surface area contributed by atoms with Crippen molar-refractivity contribution in [3.05, 3.63) is 64.4 Å². The topological polar surface area (TPSA) is 20.3 Å². The summed E-state index contributed by atoms with van der Waals surface area (Å²) in [5.74, 6) is -0.574. The first-order chi connectivity index (χ1) is 9.49. The molecular weight excluding hydrogens is 277 g/mol. The van der Waals surface area contributed by atoms with Gasteiger partial charge in [-0.3, -0.25) is 4.79 Å². The first-order valence-corrected chi connectivity index (χ1v) is 6.62. The lowest BCUT2D eigenvalue weighted by atomic mass is 10.1. The number of anilines is 1. The van der Waals surface area contributed by atoms with E-state index in [0.717, 1.165) is 5.56 Å². The van der Waals surface area contributed by atoms with Crippen LogP contribution in [0.25, 0.3) is 0 Å². The Balaban J connectivity index is 2.32. The zero-order valence-electron chi connectivity index (χ0n) is 11.4. The third-order valence-corrected chi connectivity index (χ3v) is 3.48. The van der Waals surface area contributed by atoms with Gasteiger partial charge >= 0.3 is 0 Å². The molecule has 0 amide bonds. The maximum atomic E-state index is 13.3. The summed E-state index contributed by atoms with van der Waals surface area (Å²) in [6.07, 6.45) is 0. The largest absolute Gasteiger partial charge is 0.370 e. The molecule has 0 saturated heterocycles. The van der Waals surface area contributed by atoms with Crippen LogP contribution in [0.3, 0.4) is 0 Å². The van der Waals surface area contributed by atoms with Crippen molar-refractivity contribution in [3.8, 4) is 0 Å². The molecular formula is C16H15ClFNO. The number of halogens is 2. The van der Waals surface area contributed by atoms with E-state index in [2.05, 4.69) is 0 Å². The Morgan fingerprint density at radius 2 is 1.95 bits per heavy atom. The van der Waals surface area contributed by atoms with Crippen LogP contribution in [0, 0.1) is 5.82 Å². The van der Waals surface area contributed by atoms with Crippen LogP contribution in [-0.4, -0.2) is 12.8 Å². The first kappa shape index (κ1) is 14.5. The molecule has 0 aromatic heterocycles. The molecule has 2 rings (SSSR count). The number of hydrogen-bond donors (Lipinski definition) is 0. The summed E-state index contributed by atoms with van der Waals surface area (Å²) in [7, 11) is 1.85. The van der Waals surface area contributed by atoms with Gasteiger partial charge in [0.25, 0.3) is 0 Å². The lowest BCUT2D eigenvalue weighted by Gasteiger charge is -2.22. The number of carbonyl (C=O) groups excluding carboxylic acids is 1. The summed E-state index contributed by atoms with van der Waals surface area (Å²) in [5.41, 5.74) is 2.02. The zero-order chi connectivity index (χ0) is 14.7. The Morgan fingerprint density at radius 1 is 1.25 bits per heavy atom. The van der Waals surface area contributed by atoms with Crippen LogP contribution in [0.1, 0.15) is 22.8 Å². The zero-order valence-corrected chi connectivity index (χ0v) is 12.1. The van der Waals surface area contributed by atoms with Gasteiger partial charge < -0.3 is 4.90 Å². The van der Waals surface area contributed by atoms with Gasteiger partial charge in [0.2, 0.25) is 0 Å². The highest BCUT2D eigenvalue weighted by molar-refractivity contribution is 6.31. The van der Waals surface area contributed by atoms with E-state index in [-0.39, 0.29) is 5.78 Å². The van der Waals surface area contributed by atoms with Gasteiger partial charge in [-0.25, -0.2) is 4.39 Å². The lowest BCUT2D eigenvalue weighted by molar-refractivity contribution is 0.101. The average molecular weight is 292 g/mol. The second-order valence-corrected chi connectivity index (χ2v) is 5.07. The van der Waals surface area contributed by atoms with E-state index in [1.807, 2.05) is 36.2 Å². The SMILES string of the molecule is CC(=O)c1cc(F)ccc1N(C)Cc1ccccc1Cl. The molecule has 0 unspecified atom stereocenters. The van der Waals surface area contributed by atoms with Crippen LogP contribution >= 0.6 is 11.6 Å². The third-order valence-electron chi connectivity index (χ3n) is 3.11. The standard InChI is InChI=1S/C16H15ClFNO/c1-11(20)14-9-13(18)7-8-16(14)19(2)10-12-5-3-4-6-15(12)17/h3-9H,10H2,1-2H3. The fraction of sp³-hybridized carbons (Fsp3) is 0.188. The molecule has 0 aliphatic heterocycles. The Labute approximate surface area is 122 Å². The maximum absolute atomic E-state index is 13.3. The predicted molar refractivity (Wildman–Crippen MR) is 80.0 cm³/mol. The molecule has 0 aliphatic rings. The molecule has 0 aliphatic carbocycles. The summed E-state index contributed by atoms with van der Waals surface area (Å²) in [4.78, 5) is 13.5. The fourth-order valence-corrected chi connectivity index (χ4v) is 2.29. The van der Waals surface area contributed by atoms with Crippen molar-refractivity contribution in [2.45, 2.75) is 13.5 Å². The predicted octanol–water partition coefficient (Wildman–Crippen LogP) is 4.32. The maximum Gasteiger partial charge on any atom is 0.161 e. The van der Waals surface area contributed by atoms with Gasteiger partial charge in [0.15, 0.2) is 5.78 Å². The molecule has 2 nitrogen and oxygen atoms in total. The molecule has 2 aromatic rings. The van der Waals surface area contributed by atoms with E-state index >= 15 is 0 Å². The van der Waals surface area contributed by atoms with Crippen molar-refractivity contribution in [2.24, 2.45) is 0 Å². The van der Waals surface area contributed by atoms with Gasteiger partial charge in [-0.05, 0) is 36.8 Å². The number of hydrogen-bond acceptors (Lipinski definition) is 2. The number of ketones is 1. The third kappa shape index (κ3) is 3.17. The first-order valence-electron chi connectivity index (χ1n) is 6.24. The van der Waals surface area contributed by atoms with Gasteiger partial charge in [-0.2, -0.15) is 0 Å². The van der Waals surface area contributed by atoms with Gasteiger partial charge in [-0.1, -0.05) is 29.8 Å². The smallest absolute Gasteiger partial charge is 0.161 e. The molecule has 0 radical (unpaired) electrons. The molecule has 104 valence electrons. The van der Waals surface area contributed by atoms with Gasteiger partial charge in [0, 0.05) is 29.9 Å². The molecule has 0 spiro atoms. The molecule has 2 aromatic carbocycles. The second-order valence-electron chi connectivity index (χ2n) is 4.67. The van der Waals surface area contributed by atoms with Crippen molar-refractivity contribution in [1.82, 2.24) is 0 Å². The summed E-state index contributed by atoms with van der Waals surface area (Å²) in [5, 5.41) is 0.672. The minimum Gasteiger partial charge on any atom is -0.370 e. The molecule has 0 bridgehead atoms. The molecule has 0 saturated carbocycles. The van der Waals surface area contributed by atoms with Crippen LogP contribution in [0.2, 0.25) is 5.02 Å². The molecule has 20 heavy (non-hydrogen) atoms. The normalized spacial score (nSPS) is 10.4. The molecule has 0 heterocycles. The summed E-state index contributed by atoms with van der Waals surface area (Å²) < 4.78 is 13.3. The number of benzene rings is 2. The second kappa shape index (κ2) is 6.06. The van der Waals surface area contributed by atoms with E-state index in [0.29, 0.717) is 22.8 Å². The van der Waals surface area contributed by atoms with Crippen molar-refractivity contribution >= 4 is 23.1 Å². The van der Waals surface area contributed by atoms with Crippen LogP contribution in [0.4, 0.5) is 10.1 Å². The number of nitrogens with zero attached hydrogens (tertiary/aromatic N) is 1. The van der Waals surface area contributed by atoms with Crippen LogP contribution in [-0.2, 0) is 6.54 Å². The highest BCUT2D eigenvalue weighted by Crippen LogP contribution is 2.25. The summed E-state index contributed by atoms with van der Waals surface area (Å²) in [6.45, 7) is 1.98. The number of carbonyl (C=O) groups is 1. The fourth-order valence-electron chi connectivity index (χ4n) is 2.09. The minimum atomic E-state index is -0.412. The van der Waals surface area contributed by atoms with E-state index < -0.39 is 5.82 Å². The average Bonchev–Trinajstić information content (AvgIpc) is 2.41. The van der Waals surface area contributed by atoms with Crippen molar-refractivity contribution < 1.29 is 9.18 Å². The van der Waals surface area contributed by atoms with Gasteiger partial charge in [0.1, 0.15) is 5.82 Å². The number of Topliss-reactive ketones (excluding diaryl/α,β-unsaturated/α-hetero) is 1. The molecule has 4 heteroatoms. The van der Waals surface area contributed by atoms with E-state index in [9.17, 15) is 9.18 Å². The van der Waals surface area contributed by atoms with Gasteiger partial charge in [-0.15, -0.1) is 0 Å². The quantitative estimate of drug-likeness (QED) is 0.782. The Kier molecular flexibility index (Phi) is 4.40. The summed E-state index contributed by atoms with van der Waals surface area (Å²) >= 11 is 6.13. The Hall–Kier alpha value is -1.87. The lowest BCUT2D eigenvalue weighted by Crippen LogP contribution is -2.19. The van der Waals surface area contributed by atoms with Crippen LogP contribution in [0.5, 0.6) is 0 Å². The van der Waals surface area contributed by atoms with Crippen LogP contribution < -0.4 is 4.90 Å².